The summed E-state index contributed by atoms with van der Waals surface area (Å²) < 4.78 is 22.2. The van der Waals surface area contributed by atoms with Gasteiger partial charge in [-0.1, -0.05) is 53.7 Å². The first kappa shape index (κ1) is 32.3. The predicted molar refractivity (Wildman–Crippen MR) is 122 cm³/mol. The van der Waals surface area contributed by atoms with E-state index in [-0.39, 0.29) is 10.8 Å². The molecule has 0 fully saturated rings. The van der Waals surface area contributed by atoms with E-state index in [2.05, 4.69) is 52.8 Å². The van der Waals surface area contributed by atoms with Crippen molar-refractivity contribution in [1.82, 2.24) is 0 Å². The van der Waals surface area contributed by atoms with Crippen molar-refractivity contribution in [1.29, 1.82) is 0 Å². The Morgan fingerprint density at radius 2 is 1.09 bits per heavy atom. The molecule has 0 saturated heterocycles. The molecule has 0 saturated carbocycles. The van der Waals surface area contributed by atoms with E-state index in [0.717, 1.165) is 11.1 Å². The molecule has 0 aliphatic heterocycles. The molecule has 1 aromatic carbocycles. The van der Waals surface area contributed by atoms with E-state index in [1.165, 1.54) is 5.56 Å². The third-order valence-corrected chi connectivity index (χ3v) is 6.80. The summed E-state index contributed by atoms with van der Waals surface area (Å²) in [7, 11) is -10.1. The fourth-order valence-corrected chi connectivity index (χ4v) is 4.46. The minimum absolute atomic E-state index is 0.111. The van der Waals surface area contributed by atoms with Crippen molar-refractivity contribution in [3.8, 4) is 0 Å². The number of phosphoric acid groups is 2. The molecule has 1 unspecified atom stereocenters. The summed E-state index contributed by atoms with van der Waals surface area (Å²) >= 11 is 0. The lowest BCUT2D eigenvalue weighted by Crippen LogP contribution is -2.40. The van der Waals surface area contributed by atoms with Crippen LogP contribution in [0.1, 0.15) is 69.9 Å². The first-order valence-electron chi connectivity index (χ1n) is 10.0. The van der Waals surface area contributed by atoms with Crippen molar-refractivity contribution in [3.63, 3.8) is 0 Å². The Labute approximate surface area is 194 Å². The summed E-state index contributed by atoms with van der Waals surface area (Å²) in [5.41, 5.74) is 2.46. The van der Waals surface area contributed by atoms with Crippen molar-refractivity contribution >= 4 is 15.6 Å². The summed E-state index contributed by atoms with van der Waals surface area (Å²) in [5.74, 6) is 0. The largest absolute Gasteiger partial charge is 0.478 e. The van der Waals surface area contributed by atoms with Crippen LogP contribution in [0.15, 0.2) is 12.1 Å². The Hall–Kier alpha value is -0.680. The summed E-state index contributed by atoms with van der Waals surface area (Å²) in [5, 5.41) is 39.7. The maximum absolute atomic E-state index is 10.8. The van der Waals surface area contributed by atoms with E-state index >= 15 is 0 Å². The van der Waals surface area contributed by atoms with Gasteiger partial charge in [0.2, 0.25) is 0 Å². The van der Waals surface area contributed by atoms with Crippen molar-refractivity contribution in [3.05, 3.63) is 34.4 Å². The van der Waals surface area contributed by atoms with Crippen molar-refractivity contribution in [2.75, 3.05) is 19.8 Å². The Kier molecular flexibility index (Phi) is 11.1. The van der Waals surface area contributed by atoms with Gasteiger partial charge in [-0.25, -0.2) is 9.13 Å². The van der Waals surface area contributed by atoms with Gasteiger partial charge >= 0.3 is 15.6 Å². The third-order valence-electron chi connectivity index (χ3n) is 5.10. The minimum Gasteiger partial charge on any atom is -0.395 e. The maximum Gasteiger partial charge on any atom is 0.478 e. The zero-order valence-electron chi connectivity index (χ0n) is 20.1. The normalized spacial score (nSPS) is 14.5. The molecule has 0 aliphatic rings. The second-order valence-corrected chi connectivity index (χ2v) is 12.7. The molecule has 0 heterocycles. The second kappa shape index (κ2) is 11.4. The van der Waals surface area contributed by atoms with Crippen LogP contribution in [0, 0.1) is 12.3 Å². The molecular formula is C20H38O11P2. The van der Waals surface area contributed by atoms with Crippen LogP contribution in [0.3, 0.4) is 0 Å². The molecule has 0 bridgehead atoms. The van der Waals surface area contributed by atoms with Crippen LogP contribution in [0.25, 0.3) is 0 Å². The van der Waals surface area contributed by atoms with Gasteiger partial charge in [0.1, 0.15) is 0 Å². The van der Waals surface area contributed by atoms with Gasteiger partial charge in [0, 0.05) is 0 Å². The quantitative estimate of drug-likeness (QED) is 0.245. The van der Waals surface area contributed by atoms with Crippen molar-refractivity contribution < 1.29 is 53.4 Å². The zero-order valence-corrected chi connectivity index (χ0v) is 21.8. The molecule has 33 heavy (non-hydrogen) atoms. The molecule has 1 aromatic rings. The van der Waals surface area contributed by atoms with E-state index in [1.54, 1.807) is 0 Å². The van der Waals surface area contributed by atoms with E-state index in [1.807, 2.05) is 12.1 Å². The van der Waals surface area contributed by atoms with Crippen molar-refractivity contribution in [2.24, 2.45) is 5.41 Å². The number of aliphatic hydroxyl groups is 4. The first-order valence-corrected chi connectivity index (χ1v) is 13.1. The van der Waals surface area contributed by atoms with Crippen LogP contribution in [0.4, 0.5) is 0 Å². The molecule has 1 atom stereocenters. The molecule has 13 heteroatoms. The lowest BCUT2D eigenvalue weighted by molar-refractivity contribution is -0.0852. The highest BCUT2D eigenvalue weighted by atomic mass is 31.3. The highest BCUT2D eigenvalue weighted by molar-refractivity contribution is 7.60. The molecular weight excluding hydrogens is 478 g/mol. The summed E-state index contributed by atoms with van der Waals surface area (Å²) in [4.78, 5) is 31.0. The average Bonchev–Trinajstić information content (AvgIpc) is 2.59. The molecule has 0 aromatic heterocycles. The van der Waals surface area contributed by atoms with Crippen LogP contribution < -0.4 is 0 Å². The Bertz CT molecular complexity index is 808. The minimum atomic E-state index is -5.05. The third kappa shape index (κ3) is 9.84. The van der Waals surface area contributed by atoms with Gasteiger partial charge in [-0.3, -0.25) is 0 Å². The van der Waals surface area contributed by atoms with Gasteiger partial charge < -0.3 is 40.0 Å². The molecule has 194 valence electrons. The Morgan fingerprint density at radius 1 is 0.788 bits per heavy atom. The highest BCUT2D eigenvalue weighted by Gasteiger charge is 2.39. The number of hydrogen-bond acceptors (Lipinski definition) is 7. The van der Waals surface area contributed by atoms with E-state index in [0.29, 0.717) is 5.56 Å². The summed E-state index contributed by atoms with van der Waals surface area (Å²) in [6.07, 6.45) is -1.15. The van der Waals surface area contributed by atoms with Crippen molar-refractivity contribution in [2.45, 2.75) is 65.4 Å². The molecule has 0 radical (unpaired) electrons. The van der Waals surface area contributed by atoms with E-state index in [9.17, 15) is 29.6 Å². The monoisotopic (exact) mass is 516 g/mol. The standard InChI is InChI=1S/C20H34O4.H4O7P2/c1-13-15(18(2,3)4)8-14(9-16(13)19(5,6)7)17(24)20(10-21,11-22)12-23;1-8(2,3)7-9(4,5)6/h8-9,17,21-24H,10-12H2,1-7H3;(H2,1,2,3)(H2,4,5,6). The molecule has 11 nitrogen and oxygen atoms in total. The van der Waals surface area contributed by atoms with Crippen LogP contribution in [-0.4, -0.2) is 59.8 Å². The van der Waals surface area contributed by atoms with Crippen LogP contribution in [-0.2, 0) is 24.3 Å². The van der Waals surface area contributed by atoms with Gasteiger partial charge in [-0.2, -0.15) is 4.31 Å². The maximum atomic E-state index is 10.8. The zero-order chi connectivity index (χ0) is 26.6. The molecule has 1 rings (SSSR count). The van der Waals surface area contributed by atoms with Gasteiger partial charge in [-0.05, 0) is 40.0 Å². The molecule has 8 N–H and O–H groups in total. The van der Waals surface area contributed by atoms with Crippen LogP contribution in [0.2, 0.25) is 0 Å². The van der Waals surface area contributed by atoms with Gasteiger partial charge in [0.05, 0.1) is 31.3 Å². The van der Waals surface area contributed by atoms with Crippen LogP contribution in [0.5, 0.6) is 0 Å². The van der Waals surface area contributed by atoms with Crippen LogP contribution >= 0.6 is 15.6 Å². The van der Waals surface area contributed by atoms with E-state index < -0.39 is 47.0 Å². The lowest BCUT2D eigenvalue weighted by atomic mass is 9.73. The number of benzene rings is 1. The first-order chi connectivity index (χ1) is 14.5. The van der Waals surface area contributed by atoms with Gasteiger partial charge in [0.15, 0.2) is 0 Å². The fourth-order valence-electron chi connectivity index (χ4n) is 3.35. The second-order valence-electron chi connectivity index (χ2n) is 10.0. The SMILES string of the molecule is Cc1c(C(C)(C)C)cc(C(O)C(CO)(CO)CO)cc1C(C)(C)C.O=P(O)(O)OP(=O)(O)O. The molecule has 0 aliphatic carbocycles. The summed E-state index contributed by atoms with van der Waals surface area (Å²) in [6, 6.07) is 3.87. The number of hydrogen-bond donors (Lipinski definition) is 8. The fraction of sp³-hybridized carbons (Fsp3) is 0.700. The molecule has 0 amide bonds. The smallest absolute Gasteiger partial charge is 0.395 e. The number of rotatable bonds is 7. The molecule has 0 spiro atoms. The van der Waals surface area contributed by atoms with E-state index in [4.69, 9.17) is 19.6 Å². The summed E-state index contributed by atoms with van der Waals surface area (Å²) in [6.45, 7) is 13.3. The lowest BCUT2D eigenvalue weighted by Gasteiger charge is -2.36. The average molecular weight is 516 g/mol. The Morgan fingerprint density at radius 3 is 1.27 bits per heavy atom. The predicted octanol–water partition coefficient (Wildman–Crippen LogP) is 1.78. The van der Waals surface area contributed by atoms with Gasteiger partial charge in [-0.15, -0.1) is 0 Å². The number of aliphatic hydroxyl groups excluding tert-OH is 4. The Balaban J connectivity index is 0.000000960. The highest BCUT2D eigenvalue weighted by Crippen LogP contribution is 2.53. The topological polar surface area (TPSA) is 205 Å². The van der Waals surface area contributed by atoms with Gasteiger partial charge in [0.25, 0.3) is 0 Å².